The van der Waals surface area contributed by atoms with Gasteiger partial charge in [-0.15, -0.1) is 0 Å². The SMILES string of the molecule is CNCc1ccc(OCCOCCOC)cc1. The van der Waals surface area contributed by atoms with Crippen LogP contribution in [0.15, 0.2) is 24.3 Å². The van der Waals surface area contributed by atoms with Crippen molar-refractivity contribution in [2.75, 3.05) is 40.6 Å². The Morgan fingerprint density at radius 2 is 1.71 bits per heavy atom. The van der Waals surface area contributed by atoms with Gasteiger partial charge in [-0.05, 0) is 24.7 Å². The first-order valence-corrected chi connectivity index (χ1v) is 5.80. The Bertz CT molecular complexity index is 287. The predicted molar refractivity (Wildman–Crippen MR) is 67.4 cm³/mol. The monoisotopic (exact) mass is 239 g/mol. The van der Waals surface area contributed by atoms with Crippen molar-refractivity contribution < 1.29 is 14.2 Å². The Kier molecular flexibility index (Phi) is 7.38. The van der Waals surface area contributed by atoms with Crippen molar-refractivity contribution in [1.29, 1.82) is 0 Å². The molecular formula is C13H21NO3. The third-order valence-corrected chi connectivity index (χ3v) is 2.23. The molecule has 1 aromatic rings. The molecule has 1 rings (SSSR count). The summed E-state index contributed by atoms with van der Waals surface area (Å²) in [5.41, 5.74) is 1.25. The molecule has 0 atom stereocenters. The Balaban J connectivity index is 2.14. The molecule has 0 saturated carbocycles. The van der Waals surface area contributed by atoms with Gasteiger partial charge in [0.25, 0.3) is 0 Å². The summed E-state index contributed by atoms with van der Waals surface area (Å²) < 4.78 is 15.7. The van der Waals surface area contributed by atoms with Crippen molar-refractivity contribution in [3.05, 3.63) is 29.8 Å². The zero-order valence-corrected chi connectivity index (χ0v) is 10.6. The van der Waals surface area contributed by atoms with Crippen LogP contribution in [-0.2, 0) is 16.0 Å². The molecule has 0 fully saturated rings. The lowest BCUT2D eigenvalue weighted by Crippen LogP contribution is -2.10. The molecule has 0 aromatic heterocycles. The van der Waals surface area contributed by atoms with E-state index in [0.717, 1.165) is 12.3 Å². The standard InChI is InChI=1S/C13H21NO3/c1-14-11-12-3-5-13(6-4-12)17-10-9-16-8-7-15-2/h3-6,14H,7-11H2,1-2H3. The van der Waals surface area contributed by atoms with Crippen LogP contribution in [0.25, 0.3) is 0 Å². The molecule has 1 N–H and O–H groups in total. The molecular weight excluding hydrogens is 218 g/mol. The summed E-state index contributed by atoms with van der Waals surface area (Å²) in [5.74, 6) is 0.875. The van der Waals surface area contributed by atoms with Gasteiger partial charge < -0.3 is 19.5 Å². The number of nitrogens with one attached hydrogen (secondary N) is 1. The summed E-state index contributed by atoms with van der Waals surface area (Å²) >= 11 is 0. The molecule has 0 radical (unpaired) electrons. The Labute approximate surface area is 103 Å². The number of rotatable bonds is 9. The second kappa shape index (κ2) is 8.98. The van der Waals surface area contributed by atoms with Crippen LogP contribution in [0.5, 0.6) is 5.75 Å². The highest BCUT2D eigenvalue weighted by Crippen LogP contribution is 2.11. The highest BCUT2D eigenvalue weighted by atomic mass is 16.5. The zero-order chi connectivity index (χ0) is 12.3. The van der Waals surface area contributed by atoms with Crippen molar-refractivity contribution in [1.82, 2.24) is 5.32 Å². The Morgan fingerprint density at radius 1 is 1.00 bits per heavy atom. The third-order valence-electron chi connectivity index (χ3n) is 2.23. The maximum atomic E-state index is 5.53. The van der Waals surface area contributed by atoms with Crippen molar-refractivity contribution in [2.24, 2.45) is 0 Å². The highest BCUT2D eigenvalue weighted by Gasteiger charge is 1.95. The molecule has 0 amide bonds. The van der Waals surface area contributed by atoms with Gasteiger partial charge in [-0.3, -0.25) is 0 Å². The van der Waals surface area contributed by atoms with E-state index in [-0.39, 0.29) is 0 Å². The van der Waals surface area contributed by atoms with Crippen LogP contribution in [0.3, 0.4) is 0 Å². The second-order valence-corrected chi connectivity index (χ2v) is 3.63. The molecule has 0 unspecified atom stereocenters. The molecule has 0 saturated heterocycles. The molecule has 0 heterocycles. The molecule has 1 aromatic carbocycles. The van der Waals surface area contributed by atoms with Gasteiger partial charge in [-0.2, -0.15) is 0 Å². The molecule has 0 aliphatic rings. The van der Waals surface area contributed by atoms with E-state index in [0.29, 0.717) is 26.4 Å². The maximum absolute atomic E-state index is 5.53. The van der Waals surface area contributed by atoms with E-state index in [1.54, 1.807) is 7.11 Å². The van der Waals surface area contributed by atoms with Gasteiger partial charge in [-0.25, -0.2) is 0 Å². The van der Waals surface area contributed by atoms with Gasteiger partial charge in [-0.1, -0.05) is 12.1 Å². The summed E-state index contributed by atoms with van der Waals surface area (Å²) in [6, 6.07) is 8.05. The Morgan fingerprint density at radius 3 is 2.35 bits per heavy atom. The van der Waals surface area contributed by atoms with Gasteiger partial charge in [0, 0.05) is 13.7 Å². The summed E-state index contributed by atoms with van der Waals surface area (Å²) in [6.45, 7) is 3.26. The topological polar surface area (TPSA) is 39.7 Å². The quantitative estimate of drug-likeness (QED) is 0.662. The normalized spacial score (nSPS) is 10.5. The summed E-state index contributed by atoms with van der Waals surface area (Å²) in [5, 5.41) is 3.10. The molecule has 0 bridgehead atoms. The molecule has 0 aliphatic heterocycles. The van der Waals surface area contributed by atoms with E-state index in [1.165, 1.54) is 5.56 Å². The Hall–Kier alpha value is -1.10. The zero-order valence-electron chi connectivity index (χ0n) is 10.6. The first-order chi connectivity index (χ1) is 8.36. The van der Waals surface area contributed by atoms with Crippen molar-refractivity contribution in [3.8, 4) is 5.75 Å². The molecule has 17 heavy (non-hydrogen) atoms. The minimum Gasteiger partial charge on any atom is -0.491 e. The van der Waals surface area contributed by atoms with Gasteiger partial charge in [0.2, 0.25) is 0 Å². The van der Waals surface area contributed by atoms with Crippen LogP contribution in [0.4, 0.5) is 0 Å². The van der Waals surface area contributed by atoms with E-state index in [9.17, 15) is 0 Å². The number of methoxy groups -OCH3 is 1. The fourth-order valence-corrected chi connectivity index (χ4v) is 1.37. The van der Waals surface area contributed by atoms with Gasteiger partial charge >= 0.3 is 0 Å². The number of ether oxygens (including phenoxy) is 3. The molecule has 0 aliphatic carbocycles. The van der Waals surface area contributed by atoms with E-state index in [4.69, 9.17) is 14.2 Å². The predicted octanol–water partition coefficient (Wildman–Crippen LogP) is 1.45. The van der Waals surface area contributed by atoms with Crippen LogP contribution in [0, 0.1) is 0 Å². The van der Waals surface area contributed by atoms with Crippen molar-refractivity contribution >= 4 is 0 Å². The average molecular weight is 239 g/mol. The van der Waals surface area contributed by atoms with Crippen LogP contribution >= 0.6 is 0 Å². The molecule has 96 valence electrons. The minimum absolute atomic E-state index is 0.565. The van der Waals surface area contributed by atoms with E-state index in [1.807, 2.05) is 19.2 Å². The van der Waals surface area contributed by atoms with Crippen LogP contribution in [0.1, 0.15) is 5.56 Å². The molecule has 4 heteroatoms. The first kappa shape index (κ1) is 14.0. The smallest absolute Gasteiger partial charge is 0.119 e. The minimum atomic E-state index is 0.565. The van der Waals surface area contributed by atoms with Crippen molar-refractivity contribution in [2.45, 2.75) is 6.54 Å². The molecule has 4 nitrogen and oxygen atoms in total. The van der Waals surface area contributed by atoms with Crippen LogP contribution in [0.2, 0.25) is 0 Å². The van der Waals surface area contributed by atoms with Crippen LogP contribution < -0.4 is 10.1 Å². The molecule has 0 spiro atoms. The average Bonchev–Trinajstić information content (AvgIpc) is 2.36. The van der Waals surface area contributed by atoms with Crippen molar-refractivity contribution in [3.63, 3.8) is 0 Å². The largest absolute Gasteiger partial charge is 0.491 e. The van der Waals surface area contributed by atoms with Gasteiger partial charge in [0.15, 0.2) is 0 Å². The van der Waals surface area contributed by atoms with E-state index < -0.39 is 0 Å². The fourth-order valence-electron chi connectivity index (χ4n) is 1.37. The fraction of sp³-hybridized carbons (Fsp3) is 0.538. The summed E-state index contributed by atoms with van der Waals surface area (Å²) in [6.07, 6.45) is 0. The maximum Gasteiger partial charge on any atom is 0.119 e. The second-order valence-electron chi connectivity index (χ2n) is 3.63. The van der Waals surface area contributed by atoms with E-state index in [2.05, 4.69) is 17.4 Å². The number of hydrogen-bond acceptors (Lipinski definition) is 4. The van der Waals surface area contributed by atoms with Gasteiger partial charge in [0.1, 0.15) is 12.4 Å². The lowest BCUT2D eigenvalue weighted by atomic mass is 10.2. The highest BCUT2D eigenvalue weighted by molar-refractivity contribution is 5.27. The first-order valence-electron chi connectivity index (χ1n) is 5.80. The number of hydrogen-bond donors (Lipinski definition) is 1. The summed E-state index contributed by atoms with van der Waals surface area (Å²) in [4.78, 5) is 0. The lowest BCUT2D eigenvalue weighted by Gasteiger charge is -2.07. The third kappa shape index (κ3) is 6.26. The van der Waals surface area contributed by atoms with Gasteiger partial charge in [0.05, 0.1) is 19.8 Å². The lowest BCUT2D eigenvalue weighted by molar-refractivity contribution is 0.0544. The summed E-state index contributed by atoms with van der Waals surface area (Å²) in [7, 11) is 3.59. The van der Waals surface area contributed by atoms with Crippen LogP contribution in [-0.4, -0.2) is 40.6 Å². The number of benzene rings is 1. The van der Waals surface area contributed by atoms with E-state index >= 15 is 0 Å².